The first-order valence-electron chi connectivity index (χ1n) is 7.64. The van der Waals surface area contributed by atoms with E-state index in [9.17, 15) is 9.59 Å². The molecule has 0 aromatic carbocycles. The van der Waals surface area contributed by atoms with Crippen molar-refractivity contribution in [3.05, 3.63) is 0 Å². The van der Waals surface area contributed by atoms with Crippen LogP contribution < -0.4 is 5.32 Å². The highest BCUT2D eigenvalue weighted by atomic mass is 16.5. The lowest BCUT2D eigenvalue weighted by molar-refractivity contribution is -0.142. The molecule has 0 aromatic rings. The summed E-state index contributed by atoms with van der Waals surface area (Å²) in [6, 6.07) is -0.387. The zero-order chi connectivity index (χ0) is 15.6. The van der Waals surface area contributed by atoms with Gasteiger partial charge in [-0.3, -0.25) is 4.79 Å². The van der Waals surface area contributed by atoms with Crippen LogP contribution in [0.15, 0.2) is 0 Å². The molecule has 0 radical (unpaired) electrons. The maximum atomic E-state index is 12.3. The van der Waals surface area contributed by atoms with Crippen LogP contribution in [0.4, 0.5) is 4.79 Å². The summed E-state index contributed by atoms with van der Waals surface area (Å²) in [6.07, 6.45) is 4.17. The molecule has 2 N–H and O–H groups in total. The van der Waals surface area contributed by atoms with Crippen molar-refractivity contribution >= 4 is 12.0 Å². The SMILES string of the molecule is CN(C(=O)NC1CCC(C)(C)CC1)C1COCC1C(=O)O. The first kappa shape index (κ1) is 16.1. The molecule has 21 heavy (non-hydrogen) atoms. The summed E-state index contributed by atoms with van der Waals surface area (Å²) in [7, 11) is 1.65. The van der Waals surface area contributed by atoms with Crippen LogP contribution in [-0.4, -0.2) is 54.4 Å². The number of aliphatic carboxylic acids is 1. The Morgan fingerprint density at radius 1 is 1.24 bits per heavy atom. The minimum absolute atomic E-state index is 0.176. The van der Waals surface area contributed by atoms with Crippen LogP contribution in [-0.2, 0) is 9.53 Å². The number of nitrogens with zero attached hydrogens (tertiary/aromatic N) is 1. The third-order valence-electron chi connectivity index (χ3n) is 4.85. The van der Waals surface area contributed by atoms with Crippen molar-refractivity contribution in [2.24, 2.45) is 11.3 Å². The molecule has 0 bridgehead atoms. The van der Waals surface area contributed by atoms with Crippen molar-refractivity contribution in [3.63, 3.8) is 0 Å². The second kappa shape index (κ2) is 6.22. The van der Waals surface area contributed by atoms with Gasteiger partial charge in [-0.15, -0.1) is 0 Å². The number of hydrogen-bond acceptors (Lipinski definition) is 3. The molecule has 2 amide bonds. The van der Waals surface area contributed by atoms with E-state index in [1.807, 2.05) is 0 Å². The molecule has 1 aliphatic carbocycles. The van der Waals surface area contributed by atoms with Crippen LogP contribution >= 0.6 is 0 Å². The van der Waals surface area contributed by atoms with Crippen LogP contribution in [0.1, 0.15) is 39.5 Å². The number of carboxylic acid groups (broad SMARTS) is 1. The predicted octanol–water partition coefficient (Wildman–Crippen LogP) is 1.70. The number of likely N-dealkylation sites (N-methyl/N-ethyl adjacent to an activating group) is 1. The molecule has 2 fully saturated rings. The van der Waals surface area contributed by atoms with Gasteiger partial charge in [0.05, 0.1) is 19.3 Å². The van der Waals surface area contributed by atoms with E-state index in [1.165, 1.54) is 4.90 Å². The fraction of sp³-hybridized carbons (Fsp3) is 0.867. The Labute approximate surface area is 125 Å². The molecule has 0 spiro atoms. The molecule has 1 saturated carbocycles. The Hall–Kier alpha value is -1.30. The van der Waals surface area contributed by atoms with Crippen LogP contribution in [0.5, 0.6) is 0 Å². The highest BCUT2D eigenvalue weighted by Crippen LogP contribution is 2.35. The topological polar surface area (TPSA) is 78.9 Å². The van der Waals surface area contributed by atoms with Gasteiger partial charge in [-0.1, -0.05) is 13.8 Å². The van der Waals surface area contributed by atoms with Crippen molar-refractivity contribution < 1.29 is 19.4 Å². The second-order valence-corrected chi connectivity index (χ2v) is 7.05. The van der Waals surface area contributed by atoms with Gasteiger partial charge >= 0.3 is 12.0 Å². The Kier molecular flexibility index (Phi) is 4.76. The van der Waals surface area contributed by atoms with E-state index in [0.29, 0.717) is 12.0 Å². The monoisotopic (exact) mass is 298 g/mol. The van der Waals surface area contributed by atoms with Crippen LogP contribution in [0, 0.1) is 11.3 Å². The van der Waals surface area contributed by atoms with Gasteiger partial charge < -0.3 is 20.1 Å². The number of amides is 2. The summed E-state index contributed by atoms with van der Waals surface area (Å²) < 4.78 is 5.22. The standard InChI is InChI=1S/C15H26N2O4/c1-15(2)6-4-10(5-7-15)16-14(20)17(3)12-9-21-8-11(12)13(18)19/h10-12H,4-9H2,1-3H3,(H,16,20)(H,18,19). The molecule has 0 aromatic heterocycles. The zero-order valence-electron chi connectivity index (χ0n) is 13.1. The van der Waals surface area contributed by atoms with Crippen LogP contribution in [0.25, 0.3) is 0 Å². The van der Waals surface area contributed by atoms with Gasteiger partial charge in [-0.2, -0.15) is 0 Å². The number of carbonyl (C=O) groups excluding carboxylic acids is 1. The molecule has 6 nitrogen and oxygen atoms in total. The lowest BCUT2D eigenvalue weighted by atomic mass is 9.75. The Morgan fingerprint density at radius 2 is 1.86 bits per heavy atom. The number of rotatable bonds is 3. The van der Waals surface area contributed by atoms with Gasteiger partial charge in [0.1, 0.15) is 5.92 Å². The van der Waals surface area contributed by atoms with Crippen molar-refractivity contribution in [2.75, 3.05) is 20.3 Å². The molecule has 2 unspecified atom stereocenters. The van der Waals surface area contributed by atoms with Crippen molar-refractivity contribution in [3.8, 4) is 0 Å². The van der Waals surface area contributed by atoms with E-state index in [1.54, 1.807) is 7.05 Å². The Morgan fingerprint density at radius 3 is 2.43 bits per heavy atom. The highest BCUT2D eigenvalue weighted by molar-refractivity contribution is 5.77. The lowest BCUT2D eigenvalue weighted by Gasteiger charge is -2.36. The minimum atomic E-state index is -0.906. The molecule has 120 valence electrons. The maximum Gasteiger partial charge on any atom is 0.317 e. The maximum absolute atomic E-state index is 12.3. The second-order valence-electron chi connectivity index (χ2n) is 7.05. The lowest BCUT2D eigenvalue weighted by Crippen LogP contribution is -2.51. The van der Waals surface area contributed by atoms with Gasteiger partial charge in [-0.05, 0) is 31.1 Å². The number of nitrogens with one attached hydrogen (secondary N) is 1. The molecule has 2 aliphatic rings. The summed E-state index contributed by atoms with van der Waals surface area (Å²) in [5, 5.41) is 12.2. The van der Waals surface area contributed by atoms with Crippen molar-refractivity contribution in [2.45, 2.75) is 51.6 Å². The van der Waals surface area contributed by atoms with E-state index in [0.717, 1.165) is 25.7 Å². The summed E-state index contributed by atoms with van der Waals surface area (Å²) in [4.78, 5) is 24.9. The summed E-state index contributed by atoms with van der Waals surface area (Å²) in [5.74, 6) is -1.54. The smallest absolute Gasteiger partial charge is 0.317 e. The number of carboxylic acids is 1. The fourth-order valence-corrected chi connectivity index (χ4v) is 3.13. The van der Waals surface area contributed by atoms with E-state index in [-0.39, 0.29) is 24.7 Å². The molecule has 1 heterocycles. The molecule has 2 atom stereocenters. The third kappa shape index (κ3) is 3.87. The summed E-state index contributed by atoms with van der Waals surface area (Å²) >= 11 is 0. The van der Waals surface area contributed by atoms with Crippen LogP contribution in [0.2, 0.25) is 0 Å². The average molecular weight is 298 g/mol. The first-order valence-corrected chi connectivity index (χ1v) is 7.64. The number of hydrogen-bond donors (Lipinski definition) is 2. The Balaban J connectivity index is 1.87. The van der Waals surface area contributed by atoms with Gasteiger partial charge in [0.2, 0.25) is 0 Å². The van der Waals surface area contributed by atoms with E-state index >= 15 is 0 Å². The van der Waals surface area contributed by atoms with Gasteiger partial charge in [-0.25, -0.2) is 4.79 Å². The predicted molar refractivity (Wildman–Crippen MR) is 78.1 cm³/mol. The van der Waals surface area contributed by atoms with Crippen LogP contribution in [0.3, 0.4) is 0 Å². The number of urea groups is 1. The van der Waals surface area contributed by atoms with E-state index < -0.39 is 11.9 Å². The average Bonchev–Trinajstić information content (AvgIpc) is 2.89. The molecule has 1 saturated heterocycles. The minimum Gasteiger partial charge on any atom is -0.481 e. The Bertz CT molecular complexity index is 400. The normalized spacial score (nSPS) is 29.1. The largest absolute Gasteiger partial charge is 0.481 e. The van der Waals surface area contributed by atoms with E-state index in [2.05, 4.69) is 19.2 Å². The third-order valence-corrected chi connectivity index (χ3v) is 4.85. The van der Waals surface area contributed by atoms with Gasteiger partial charge in [0.15, 0.2) is 0 Å². The molecule has 1 aliphatic heterocycles. The quantitative estimate of drug-likeness (QED) is 0.831. The highest BCUT2D eigenvalue weighted by Gasteiger charge is 2.39. The summed E-state index contributed by atoms with van der Waals surface area (Å²) in [6.45, 7) is 4.98. The van der Waals surface area contributed by atoms with Crippen molar-refractivity contribution in [1.82, 2.24) is 10.2 Å². The molecule has 2 rings (SSSR count). The molecule has 6 heteroatoms. The molecular weight excluding hydrogens is 272 g/mol. The van der Waals surface area contributed by atoms with Crippen molar-refractivity contribution in [1.29, 1.82) is 0 Å². The van der Waals surface area contributed by atoms with Gasteiger partial charge in [0, 0.05) is 13.1 Å². The van der Waals surface area contributed by atoms with E-state index in [4.69, 9.17) is 9.84 Å². The fourth-order valence-electron chi connectivity index (χ4n) is 3.13. The number of ether oxygens (including phenoxy) is 1. The number of carbonyl (C=O) groups is 2. The molecular formula is C15H26N2O4. The van der Waals surface area contributed by atoms with Gasteiger partial charge in [0.25, 0.3) is 0 Å². The first-order chi connectivity index (χ1) is 9.80. The summed E-state index contributed by atoms with van der Waals surface area (Å²) in [5.41, 5.74) is 0.362. The zero-order valence-corrected chi connectivity index (χ0v) is 13.1.